The number of hydrogen-bond donors (Lipinski definition) is 0. The summed E-state index contributed by atoms with van der Waals surface area (Å²) >= 11 is 0. The van der Waals surface area contributed by atoms with E-state index < -0.39 is 0 Å². The third-order valence-electron chi connectivity index (χ3n) is 1.04. The molecule has 0 bridgehead atoms. The molecule has 8 heavy (non-hydrogen) atoms. The van der Waals surface area contributed by atoms with Gasteiger partial charge in [-0.2, -0.15) is 0 Å². The summed E-state index contributed by atoms with van der Waals surface area (Å²) in [5.74, 6) is 2.46. The minimum Gasteiger partial charge on any atom is -0.357 e. The zero-order chi connectivity index (χ0) is 5.98. The van der Waals surface area contributed by atoms with Crippen molar-refractivity contribution in [3.63, 3.8) is 0 Å². The van der Waals surface area contributed by atoms with Crippen LogP contribution < -0.4 is 0 Å². The van der Waals surface area contributed by atoms with Crippen molar-refractivity contribution in [3.05, 3.63) is 0 Å². The zero-order valence-corrected chi connectivity index (χ0v) is 4.39. The molecule has 0 aromatic carbocycles. The van der Waals surface area contributed by atoms with Crippen LogP contribution in [0.3, 0.4) is 0 Å². The molecule has 42 valence electrons. The van der Waals surface area contributed by atoms with E-state index >= 15 is 0 Å². The molecule has 0 aliphatic carbocycles. The first kappa shape index (κ1) is 5.33. The van der Waals surface area contributed by atoms with Gasteiger partial charge >= 0.3 is 0 Å². The predicted octanol–water partition coefficient (Wildman–Crippen LogP) is -0.0224. The SMILES string of the molecule is C#CC1CC(=O)CO1. The summed E-state index contributed by atoms with van der Waals surface area (Å²) in [6.45, 7) is 0.203. The molecule has 0 amide bonds. The van der Waals surface area contributed by atoms with Gasteiger partial charge in [-0.3, -0.25) is 4.79 Å². The molecule has 1 aliphatic heterocycles. The predicted molar refractivity (Wildman–Crippen MR) is 28.2 cm³/mol. The Balaban J connectivity index is 2.47. The first-order valence-corrected chi connectivity index (χ1v) is 2.42. The fourth-order valence-corrected chi connectivity index (χ4v) is 0.625. The quantitative estimate of drug-likeness (QED) is 0.409. The van der Waals surface area contributed by atoms with Gasteiger partial charge in [0.2, 0.25) is 0 Å². The molecule has 1 rings (SSSR count). The van der Waals surface area contributed by atoms with Crippen molar-refractivity contribution in [1.82, 2.24) is 0 Å². The van der Waals surface area contributed by atoms with Gasteiger partial charge in [0.05, 0.1) is 0 Å². The summed E-state index contributed by atoms with van der Waals surface area (Å²) < 4.78 is 4.83. The molecule has 1 saturated heterocycles. The molecular formula is C6H6O2. The Morgan fingerprint density at radius 2 is 2.62 bits per heavy atom. The van der Waals surface area contributed by atoms with Crippen molar-refractivity contribution >= 4 is 5.78 Å². The highest BCUT2D eigenvalue weighted by molar-refractivity contribution is 5.82. The first-order chi connectivity index (χ1) is 3.83. The van der Waals surface area contributed by atoms with E-state index in [1.807, 2.05) is 0 Å². The number of terminal acetylenes is 1. The fraction of sp³-hybridized carbons (Fsp3) is 0.500. The molecule has 0 saturated carbocycles. The van der Waals surface area contributed by atoms with E-state index in [1.54, 1.807) is 0 Å². The normalized spacial score (nSPS) is 27.9. The van der Waals surface area contributed by atoms with Crippen LogP contribution in [0.15, 0.2) is 0 Å². The second-order valence-electron chi connectivity index (χ2n) is 1.71. The van der Waals surface area contributed by atoms with Gasteiger partial charge in [-0.15, -0.1) is 6.42 Å². The standard InChI is InChI=1S/C6H6O2/c1-2-6-3-5(7)4-8-6/h1,6H,3-4H2. The molecule has 0 aromatic heterocycles. The smallest absolute Gasteiger partial charge is 0.162 e. The van der Waals surface area contributed by atoms with E-state index in [-0.39, 0.29) is 18.5 Å². The Kier molecular flexibility index (Phi) is 1.32. The first-order valence-electron chi connectivity index (χ1n) is 2.42. The van der Waals surface area contributed by atoms with Crippen molar-refractivity contribution in [3.8, 4) is 12.3 Å². The minimum absolute atomic E-state index is 0.105. The number of hydrogen-bond acceptors (Lipinski definition) is 2. The lowest BCUT2D eigenvalue weighted by atomic mass is 10.2. The van der Waals surface area contributed by atoms with Crippen LogP contribution in [-0.2, 0) is 9.53 Å². The Labute approximate surface area is 47.8 Å². The lowest BCUT2D eigenvalue weighted by Crippen LogP contribution is -1.98. The Bertz CT molecular complexity index is 143. The Hall–Kier alpha value is -0.810. The third-order valence-corrected chi connectivity index (χ3v) is 1.04. The van der Waals surface area contributed by atoms with Crippen LogP contribution in [0.1, 0.15) is 6.42 Å². The summed E-state index contributed by atoms with van der Waals surface area (Å²) in [5.41, 5.74) is 0. The van der Waals surface area contributed by atoms with Crippen molar-refractivity contribution in [2.75, 3.05) is 6.61 Å². The maximum Gasteiger partial charge on any atom is 0.162 e. The highest BCUT2D eigenvalue weighted by Crippen LogP contribution is 2.06. The van der Waals surface area contributed by atoms with E-state index in [1.165, 1.54) is 0 Å². The molecule has 0 spiro atoms. The molecule has 0 radical (unpaired) electrons. The molecule has 1 atom stereocenters. The van der Waals surface area contributed by atoms with Gasteiger partial charge in [0.1, 0.15) is 12.7 Å². The van der Waals surface area contributed by atoms with Crippen LogP contribution in [0, 0.1) is 12.3 Å². The molecule has 2 heteroatoms. The summed E-state index contributed by atoms with van der Waals surface area (Å²) in [6.07, 6.45) is 5.12. The topological polar surface area (TPSA) is 26.3 Å². The highest BCUT2D eigenvalue weighted by Gasteiger charge is 2.19. The zero-order valence-electron chi connectivity index (χ0n) is 4.39. The number of carbonyl (C=O) groups excluding carboxylic acids is 1. The van der Waals surface area contributed by atoms with Crippen molar-refractivity contribution in [1.29, 1.82) is 0 Å². The second-order valence-corrected chi connectivity index (χ2v) is 1.71. The maximum atomic E-state index is 10.4. The van der Waals surface area contributed by atoms with Crippen LogP contribution in [-0.4, -0.2) is 18.5 Å². The van der Waals surface area contributed by atoms with E-state index in [9.17, 15) is 4.79 Å². The van der Waals surface area contributed by atoms with Crippen LogP contribution in [0.25, 0.3) is 0 Å². The molecule has 1 unspecified atom stereocenters. The molecule has 1 heterocycles. The minimum atomic E-state index is -0.248. The van der Waals surface area contributed by atoms with Gasteiger partial charge in [-0.25, -0.2) is 0 Å². The summed E-state index contributed by atoms with van der Waals surface area (Å²) in [5, 5.41) is 0. The summed E-state index contributed by atoms with van der Waals surface area (Å²) in [7, 11) is 0. The van der Waals surface area contributed by atoms with Crippen molar-refractivity contribution < 1.29 is 9.53 Å². The fourth-order valence-electron chi connectivity index (χ4n) is 0.625. The number of rotatable bonds is 0. The van der Waals surface area contributed by atoms with E-state index in [0.29, 0.717) is 6.42 Å². The van der Waals surface area contributed by atoms with E-state index in [4.69, 9.17) is 11.2 Å². The van der Waals surface area contributed by atoms with Crippen LogP contribution >= 0.6 is 0 Å². The lowest BCUT2D eigenvalue weighted by Gasteiger charge is -1.92. The number of Topliss-reactive ketones (excluding diaryl/α,β-unsaturated/α-hetero) is 1. The summed E-state index contributed by atoms with van der Waals surface area (Å²) in [6, 6.07) is 0. The molecule has 0 N–H and O–H groups in total. The number of carbonyl (C=O) groups is 1. The largest absolute Gasteiger partial charge is 0.357 e. The Morgan fingerprint density at radius 1 is 1.88 bits per heavy atom. The second kappa shape index (κ2) is 1.97. The van der Waals surface area contributed by atoms with Gasteiger partial charge in [-0.1, -0.05) is 5.92 Å². The molecule has 1 aliphatic rings. The monoisotopic (exact) mass is 110 g/mol. The van der Waals surface area contributed by atoms with E-state index in [0.717, 1.165) is 0 Å². The van der Waals surface area contributed by atoms with E-state index in [2.05, 4.69) is 5.92 Å². The maximum absolute atomic E-state index is 10.4. The number of ketones is 1. The van der Waals surface area contributed by atoms with Gasteiger partial charge in [0, 0.05) is 6.42 Å². The highest BCUT2D eigenvalue weighted by atomic mass is 16.5. The molecule has 2 nitrogen and oxygen atoms in total. The third kappa shape index (κ3) is 0.877. The molecule has 1 fully saturated rings. The van der Waals surface area contributed by atoms with Crippen molar-refractivity contribution in [2.24, 2.45) is 0 Å². The molecule has 0 aromatic rings. The lowest BCUT2D eigenvalue weighted by molar-refractivity contribution is -0.117. The van der Waals surface area contributed by atoms with Crippen LogP contribution in [0.2, 0.25) is 0 Å². The summed E-state index contributed by atoms with van der Waals surface area (Å²) in [4.78, 5) is 10.4. The average Bonchev–Trinajstić information content (AvgIpc) is 2.14. The van der Waals surface area contributed by atoms with Gasteiger partial charge < -0.3 is 4.74 Å². The van der Waals surface area contributed by atoms with Gasteiger partial charge in [-0.05, 0) is 0 Å². The van der Waals surface area contributed by atoms with Crippen LogP contribution in [0.4, 0.5) is 0 Å². The van der Waals surface area contributed by atoms with Gasteiger partial charge in [0.25, 0.3) is 0 Å². The van der Waals surface area contributed by atoms with Crippen LogP contribution in [0.5, 0.6) is 0 Å². The van der Waals surface area contributed by atoms with Crippen molar-refractivity contribution in [2.45, 2.75) is 12.5 Å². The number of ether oxygens (including phenoxy) is 1. The average molecular weight is 110 g/mol. The molecular weight excluding hydrogens is 104 g/mol. The van der Waals surface area contributed by atoms with Gasteiger partial charge in [0.15, 0.2) is 5.78 Å². The Morgan fingerprint density at radius 3 is 2.88 bits per heavy atom.